The van der Waals surface area contributed by atoms with Gasteiger partial charge in [0.1, 0.15) is 0 Å². The van der Waals surface area contributed by atoms with Gasteiger partial charge in [0.25, 0.3) is 0 Å². The van der Waals surface area contributed by atoms with E-state index in [1.165, 1.54) is 7.11 Å². The summed E-state index contributed by atoms with van der Waals surface area (Å²) in [6, 6.07) is 2.26. The Morgan fingerprint density at radius 1 is 1.38 bits per heavy atom. The van der Waals surface area contributed by atoms with Gasteiger partial charge in [-0.3, -0.25) is 0 Å². The molecule has 0 aliphatic carbocycles. The van der Waals surface area contributed by atoms with Crippen LogP contribution in [0.4, 0.5) is 4.79 Å². The van der Waals surface area contributed by atoms with Gasteiger partial charge in [-0.25, -0.2) is 9.59 Å². The molecule has 3 N–H and O–H groups in total. The van der Waals surface area contributed by atoms with E-state index < -0.39 is 12.0 Å². The van der Waals surface area contributed by atoms with Crippen LogP contribution in [0.2, 0.25) is 0 Å². The lowest BCUT2D eigenvalue weighted by Crippen LogP contribution is -2.46. The highest BCUT2D eigenvalue weighted by molar-refractivity contribution is 5.95. The number of unbranched alkanes of at least 4 members (excludes halogenated alkanes) is 1. The number of urea groups is 1. The molecule has 1 aromatic carbocycles. The van der Waals surface area contributed by atoms with Crippen LogP contribution in [0.1, 0.15) is 57.2 Å². The normalized spacial score (nSPS) is 16.3. The predicted molar refractivity (Wildman–Crippen MR) is 111 cm³/mol. The molecule has 29 heavy (non-hydrogen) atoms. The van der Waals surface area contributed by atoms with Crippen LogP contribution >= 0.6 is 0 Å². The van der Waals surface area contributed by atoms with Gasteiger partial charge < -0.3 is 25.2 Å². The molecule has 158 valence electrons. The molecule has 0 spiro atoms. The van der Waals surface area contributed by atoms with Crippen LogP contribution in [0.3, 0.4) is 0 Å². The number of carbonyl (C=O) groups is 2. The van der Waals surface area contributed by atoms with Crippen LogP contribution in [0, 0.1) is 0 Å². The van der Waals surface area contributed by atoms with Crippen LogP contribution in [-0.2, 0) is 16.0 Å². The lowest BCUT2D eigenvalue weighted by molar-refractivity contribution is -0.143. The predicted octanol–water partition coefficient (Wildman–Crippen LogP) is 3.88. The Labute approximate surface area is 171 Å². The molecule has 1 atom stereocenters. The van der Waals surface area contributed by atoms with Crippen molar-refractivity contribution in [2.75, 3.05) is 7.11 Å². The summed E-state index contributed by atoms with van der Waals surface area (Å²) in [4.78, 5) is 25.3. The lowest BCUT2D eigenvalue weighted by Gasteiger charge is -2.30. The summed E-state index contributed by atoms with van der Waals surface area (Å²) in [7, 11) is 1.45. The fraction of sp³-hybridized carbons (Fsp3) is 0.455. The third-order valence-electron chi connectivity index (χ3n) is 4.59. The van der Waals surface area contributed by atoms with Gasteiger partial charge in [0.05, 0.1) is 24.8 Å². The Morgan fingerprint density at radius 3 is 2.69 bits per heavy atom. The molecule has 0 saturated carbocycles. The minimum atomic E-state index is -0.722. The Bertz CT molecular complexity index is 814. The van der Waals surface area contributed by atoms with Crippen LogP contribution in [0.15, 0.2) is 36.1 Å². The maximum Gasteiger partial charge on any atom is 0.338 e. The van der Waals surface area contributed by atoms with Gasteiger partial charge in [-0.05, 0) is 50.8 Å². The Kier molecular flexibility index (Phi) is 7.70. The van der Waals surface area contributed by atoms with Crippen LogP contribution in [0.25, 0.3) is 0 Å². The second-order valence-corrected chi connectivity index (χ2v) is 7.21. The first-order chi connectivity index (χ1) is 13.8. The molecule has 7 heteroatoms. The molecular formula is C22H30N2O5. The quantitative estimate of drug-likeness (QED) is 0.430. The highest BCUT2D eigenvalue weighted by Crippen LogP contribution is 2.37. The van der Waals surface area contributed by atoms with Crippen molar-refractivity contribution in [3.63, 3.8) is 0 Å². The number of phenols is 1. The molecule has 1 aliphatic rings. The lowest BCUT2D eigenvalue weighted by atomic mass is 9.91. The molecule has 1 unspecified atom stereocenters. The molecule has 0 fully saturated rings. The minimum absolute atomic E-state index is 0.0119. The molecule has 0 radical (unpaired) electrons. The summed E-state index contributed by atoms with van der Waals surface area (Å²) in [6.45, 7) is 9.31. The third-order valence-corrected chi connectivity index (χ3v) is 4.59. The number of esters is 1. The average molecular weight is 402 g/mol. The zero-order valence-corrected chi connectivity index (χ0v) is 17.5. The fourth-order valence-electron chi connectivity index (χ4n) is 3.26. The average Bonchev–Trinajstić information content (AvgIpc) is 2.66. The van der Waals surface area contributed by atoms with Crippen molar-refractivity contribution in [3.8, 4) is 11.5 Å². The highest BCUT2D eigenvalue weighted by Gasteiger charge is 2.34. The summed E-state index contributed by atoms with van der Waals surface area (Å²) < 4.78 is 10.8. The van der Waals surface area contributed by atoms with E-state index in [1.54, 1.807) is 32.1 Å². The molecule has 7 nitrogen and oxygen atoms in total. The SMILES string of the molecule is C=CCc1cc(C2NC(=O)NC(CCCC)=C2C(=O)OC(C)C)cc(OC)c1O. The smallest absolute Gasteiger partial charge is 0.338 e. The molecule has 1 aliphatic heterocycles. The van der Waals surface area contributed by atoms with Crippen molar-refractivity contribution < 1.29 is 24.2 Å². The Balaban J connectivity index is 2.62. The van der Waals surface area contributed by atoms with Gasteiger partial charge in [0, 0.05) is 11.3 Å². The molecule has 2 amide bonds. The first-order valence-corrected chi connectivity index (χ1v) is 9.84. The molecule has 1 heterocycles. The monoisotopic (exact) mass is 402 g/mol. The number of carbonyl (C=O) groups excluding carboxylic acids is 2. The Morgan fingerprint density at radius 2 is 2.10 bits per heavy atom. The van der Waals surface area contributed by atoms with Crippen molar-refractivity contribution in [1.29, 1.82) is 0 Å². The summed E-state index contributed by atoms with van der Waals surface area (Å²) in [5.41, 5.74) is 2.14. The topological polar surface area (TPSA) is 96.9 Å². The molecule has 1 aromatic rings. The summed E-state index contributed by atoms with van der Waals surface area (Å²) in [6.07, 6.45) is 4.06. The number of hydrogen-bond acceptors (Lipinski definition) is 5. The van der Waals surface area contributed by atoms with Gasteiger partial charge in [0.2, 0.25) is 0 Å². The molecule has 0 saturated heterocycles. The van der Waals surface area contributed by atoms with Crippen molar-refractivity contribution in [1.82, 2.24) is 10.6 Å². The number of aromatic hydroxyl groups is 1. The first kappa shape index (κ1) is 22.3. The summed E-state index contributed by atoms with van der Waals surface area (Å²) in [5, 5.41) is 16.0. The highest BCUT2D eigenvalue weighted by atomic mass is 16.5. The number of allylic oxidation sites excluding steroid dienone is 2. The summed E-state index contributed by atoms with van der Waals surface area (Å²) in [5.74, 6) is -0.211. The van der Waals surface area contributed by atoms with Crippen molar-refractivity contribution in [2.45, 2.75) is 58.6 Å². The van der Waals surface area contributed by atoms with Crippen molar-refractivity contribution >= 4 is 12.0 Å². The van der Waals surface area contributed by atoms with E-state index >= 15 is 0 Å². The number of benzene rings is 1. The van der Waals surface area contributed by atoms with Gasteiger partial charge in [0.15, 0.2) is 11.5 Å². The van der Waals surface area contributed by atoms with E-state index in [9.17, 15) is 14.7 Å². The van der Waals surface area contributed by atoms with Crippen LogP contribution in [-0.4, -0.2) is 30.3 Å². The van der Waals surface area contributed by atoms with Gasteiger partial charge in [-0.1, -0.05) is 19.4 Å². The second-order valence-electron chi connectivity index (χ2n) is 7.21. The van der Waals surface area contributed by atoms with Crippen molar-refractivity contribution in [2.24, 2.45) is 0 Å². The van der Waals surface area contributed by atoms with E-state index in [2.05, 4.69) is 17.2 Å². The molecular weight excluding hydrogens is 372 g/mol. The van der Waals surface area contributed by atoms with Crippen LogP contribution < -0.4 is 15.4 Å². The standard InChI is InChI=1S/C22H30N2O5/c1-6-8-10-16-18(21(26)29-13(3)4)19(24-22(27)23-16)15-11-14(9-7-2)20(25)17(12-15)28-5/h7,11-13,19,25H,2,6,8-10H2,1,3-5H3,(H2,23,24,27). The number of amides is 2. The second kappa shape index (κ2) is 10.0. The van der Waals surface area contributed by atoms with Gasteiger partial charge in [-0.15, -0.1) is 6.58 Å². The fourth-order valence-corrected chi connectivity index (χ4v) is 3.26. The summed E-state index contributed by atoms with van der Waals surface area (Å²) >= 11 is 0. The zero-order valence-electron chi connectivity index (χ0n) is 17.5. The van der Waals surface area contributed by atoms with Crippen LogP contribution in [0.5, 0.6) is 11.5 Å². The van der Waals surface area contributed by atoms with E-state index in [4.69, 9.17) is 9.47 Å². The third kappa shape index (κ3) is 5.31. The van der Waals surface area contributed by atoms with Crippen molar-refractivity contribution in [3.05, 3.63) is 47.2 Å². The zero-order chi connectivity index (χ0) is 21.6. The molecule has 2 rings (SSSR count). The van der Waals surface area contributed by atoms with E-state index in [1.807, 2.05) is 6.92 Å². The van der Waals surface area contributed by atoms with E-state index in [-0.39, 0.29) is 23.6 Å². The first-order valence-electron chi connectivity index (χ1n) is 9.84. The van der Waals surface area contributed by atoms with Gasteiger partial charge in [-0.2, -0.15) is 0 Å². The van der Waals surface area contributed by atoms with Gasteiger partial charge >= 0.3 is 12.0 Å². The number of rotatable bonds is 9. The number of methoxy groups -OCH3 is 1. The number of ether oxygens (including phenoxy) is 2. The van der Waals surface area contributed by atoms with E-state index in [0.29, 0.717) is 35.2 Å². The number of phenolic OH excluding ortho intramolecular Hbond substituents is 1. The maximum absolute atomic E-state index is 12.9. The molecule has 0 bridgehead atoms. The number of nitrogens with one attached hydrogen (secondary N) is 2. The van der Waals surface area contributed by atoms with E-state index in [0.717, 1.165) is 12.8 Å². The Hall–Kier alpha value is -2.96. The number of hydrogen-bond donors (Lipinski definition) is 3. The minimum Gasteiger partial charge on any atom is -0.504 e. The largest absolute Gasteiger partial charge is 0.504 e. The maximum atomic E-state index is 12.9. The molecule has 0 aromatic heterocycles.